The molecule has 0 aliphatic heterocycles. The van der Waals surface area contributed by atoms with E-state index in [2.05, 4.69) is 9.97 Å². The van der Waals surface area contributed by atoms with Crippen molar-refractivity contribution < 1.29 is 22.4 Å². The van der Waals surface area contributed by atoms with Gasteiger partial charge in [-0.25, -0.2) is 9.37 Å². The minimum Gasteiger partial charge on any atom is -0.306 e. The van der Waals surface area contributed by atoms with Crippen molar-refractivity contribution in [3.63, 3.8) is 0 Å². The second-order valence-corrected chi connectivity index (χ2v) is 8.63. The summed E-state index contributed by atoms with van der Waals surface area (Å²) in [7, 11) is 0. The van der Waals surface area contributed by atoms with E-state index in [4.69, 9.17) is 0 Å². The van der Waals surface area contributed by atoms with Gasteiger partial charge < -0.3 is 4.98 Å². The number of aromatic amines is 1. The molecule has 4 nitrogen and oxygen atoms in total. The number of nitrogens with zero attached hydrogens (tertiary/aromatic N) is 1. The zero-order valence-electron chi connectivity index (χ0n) is 16.6. The van der Waals surface area contributed by atoms with E-state index >= 15 is 0 Å². The molecular formula is C22H18F4N2O2S. The molecule has 0 unspecified atom stereocenters. The van der Waals surface area contributed by atoms with E-state index in [1.165, 1.54) is 6.07 Å². The van der Waals surface area contributed by atoms with Crippen LogP contribution in [0, 0.1) is 5.82 Å². The van der Waals surface area contributed by atoms with Crippen LogP contribution in [0.25, 0.3) is 11.4 Å². The Hall–Kier alpha value is -2.94. The molecule has 1 aromatic heterocycles. The first-order chi connectivity index (χ1) is 14.4. The lowest BCUT2D eigenvalue weighted by molar-refractivity contribution is -0.0329. The second kappa shape index (κ2) is 8.66. The van der Waals surface area contributed by atoms with Gasteiger partial charge in [-0.05, 0) is 34.9 Å². The van der Waals surface area contributed by atoms with Gasteiger partial charge in [0.25, 0.3) is 5.56 Å². The third kappa shape index (κ3) is 5.81. The van der Waals surface area contributed by atoms with E-state index in [1.807, 2.05) is 0 Å². The van der Waals surface area contributed by atoms with Crippen molar-refractivity contribution in [1.29, 1.82) is 0 Å². The molecule has 3 aromatic rings. The molecule has 0 aliphatic rings. The molecule has 31 heavy (non-hydrogen) atoms. The molecule has 0 bridgehead atoms. The molecule has 1 N–H and O–H groups in total. The Labute approximate surface area is 179 Å². The van der Waals surface area contributed by atoms with Gasteiger partial charge in [0.1, 0.15) is 17.3 Å². The van der Waals surface area contributed by atoms with Gasteiger partial charge in [-0.1, -0.05) is 50.2 Å². The number of hydrogen-bond donors (Lipinski definition) is 1. The van der Waals surface area contributed by atoms with Gasteiger partial charge in [0.05, 0.1) is 4.90 Å². The molecular weight excluding hydrogens is 432 g/mol. The quantitative estimate of drug-likeness (QED) is 0.296. The summed E-state index contributed by atoms with van der Waals surface area (Å²) in [5, 5.41) is 0. The molecule has 0 radical (unpaired) electrons. The summed E-state index contributed by atoms with van der Waals surface area (Å²) in [4.78, 5) is 31.2. The molecule has 0 saturated heterocycles. The Morgan fingerprint density at radius 2 is 1.74 bits per heavy atom. The number of ketones is 1. The van der Waals surface area contributed by atoms with Crippen molar-refractivity contribution in [3.05, 3.63) is 82.0 Å². The standard InChI is InChI=1S/C22H18F4N2O2S/c1-21(2,14-8-9-18(15(23)10-14)31-22(24,25)26)12-17(29)16-11-19(30)28-20(27-16)13-6-4-3-5-7-13/h3-11H,12H2,1-2H3,(H,27,28,30). The first kappa shape index (κ1) is 22.7. The Bertz CT molecular complexity index is 1160. The van der Waals surface area contributed by atoms with Gasteiger partial charge in [-0.15, -0.1) is 0 Å². The van der Waals surface area contributed by atoms with Crippen molar-refractivity contribution in [2.24, 2.45) is 0 Å². The summed E-state index contributed by atoms with van der Waals surface area (Å²) in [5.41, 5.74) is -5.05. The maximum absolute atomic E-state index is 14.2. The summed E-state index contributed by atoms with van der Waals surface area (Å²) in [6.45, 7) is 3.34. The van der Waals surface area contributed by atoms with Crippen LogP contribution in [0.5, 0.6) is 0 Å². The van der Waals surface area contributed by atoms with Gasteiger partial charge in [-0.2, -0.15) is 13.2 Å². The molecule has 0 aliphatic carbocycles. The SMILES string of the molecule is CC(C)(CC(=O)c1cc(=O)[nH]c(-c2ccccc2)n1)c1ccc(SC(F)(F)F)c(F)c1. The average molecular weight is 450 g/mol. The maximum atomic E-state index is 14.2. The lowest BCUT2D eigenvalue weighted by Crippen LogP contribution is -2.24. The topological polar surface area (TPSA) is 62.8 Å². The molecule has 162 valence electrons. The normalized spacial score (nSPS) is 12.1. The number of aromatic nitrogens is 2. The van der Waals surface area contributed by atoms with Crippen LogP contribution in [0.1, 0.15) is 36.3 Å². The third-order valence-electron chi connectivity index (χ3n) is 4.62. The summed E-state index contributed by atoms with van der Waals surface area (Å²) >= 11 is -0.532. The highest BCUT2D eigenvalue weighted by Crippen LogP contribution is 2.39. The number of nitrogens with one attached hydrogen (secondary N) is 1. The molecule has 0 amide bonds. The van der Waals surface area contributed by atoms with E-state index < -0.39 is 44.7 Å². The number of benzene rings is 2. The van der Waals surface area contributed by atoms with Crippen molar-refractivity contribution in [3.8, 4) is 11.4 Å². The zero-order valence-corrected chi connectivity index (χ0v) is 17.4. The number of H-pyrrole nitrogens is 1. The Morgan fingerprint density at radius 1 is 1.06 bits per heavy atom. The first-order valence-electron chi connectivity index (χ1n) is 9.20. The van der Waals surface area contributed by atoms with Crippen molar-refractivity contribution in [2.75, 3.05) is 0 Å². The summed E-state index contributed by atoms with van der Waals surface area (Å²) in [6, 6.07) is 13.3. The van der Waals surface area contributed by atoms with Gasteiger partial charge in [0.2, 0.25) is 0 Å². The van der Waals surface area contributed by atoms with Crippen molar-refractivity contribution in [1.82, 2.24) is 9.97 Å². The molecule has 3 rings (SSSR count). The summed E-state index contributed by atoms with van der Waals surface area (Å²) in [5.74, 6) is -1.21. The lowest BCUT2D eigenvalue weighted by Gasteiger charge is -2.25. The van der Waals surface area contributed by atoms with Gasteiger partial charge in [-0.3, -0.25) is 9.59 Å². The minimum atomic E-state index is -4.60. The fourth-order valence-electron chi connectivity index (χ4n) is 3.06. The van der Waals surface area contributed by atoms with Crippen LogP contribution >= 0.6 is 11.8 Å². The molecule has 9 heteroatoms. The van der Waals surface area contributed by atoms with Crippen LogP contribution in [0.2, 0.25) is 0 Å². The number of rotatable bonds is 6. The largest absolute Gasteiger partial charge is 0.446 e. The van der Waals surface area contributed by atoms with E-state index in [0.717, 1.165) is 18.2 Å². The average Bonchev–Trinajstić information content (AvgIpc) is 2.68. The van der Waals surface area contributed by atoms with Crippen LogP contribution in [0.3, 0.4) is 0 Å². The fraction of sp³-hybridized carbons (Fsp3) is 0.227. The summed E-state index contributed by atoms with van der Waals surface area (Å²) < 4.78 is 51.8. The molecule has 0 spiro atoms. The first-order valence-corrected chi connectivity index (χ1v) is 10.0. The van der Waals surface area contributed by atoms with E-state index in [0.29, 0.717) is 11.1 Å². The number of hydrogen-bond acceptors (Lipinski definition) is 4. The summed E-state index contributed by atoms with van der Waals surface area (Å²) in [6.07, 6.45) is -0.122. The van der Waals surface area contributed by atoms with Crippen molar-refractivity contribution >= 4 is 17.5 Å². The Balaban J connectivity index is 1.85. The Morgan fingerprint density at radius 3 is 2.35 bits per heavy atom. The van der Waals surface area contributed by atoms with Crippen LogP contribution in [-0.2, 0) is 5.41 Å². The minimum absolute atomic E-state index is 0.0413. The Kier molecular flexibility index (Phi) is 6.35. The predicted octanol–water partition coefficient (Wildman–Crippen LogP) is 5.74. The molecule has 0 saturated carbocycles. The van der Waals surface area contributed by atoms with E-state index in [-0.39, 0.29) is 17.9 Å². The third-order valence-corrected chi connectivity index (χ3v) is 5.40. The zero-order chi connectivity index (χ0) is 22.8. The highest BCUT2D eigenvalue weighted by molar-refractivity contribution is 8.00. The monoisotopic (exact) mass is 450 g/mol. The predicted molar refractivity (Wildman–Crippen MR) is 111 cm³/mol. The molecule has 2 aromatic carbocycles. The lowest BCUT2D eigenvalue weighted by atomic mass is 9.79. The number of halogens is 4. The highest BCUT2D eigenvalue weighted by Gasteiger charge is 2.32. The van der Waals surface area contributed by atoms with Crippen LogP contribution in [0.4, 0.5) is 17.6 Å². The highest BCUT2D eigenvalue weighted by atomic mass is 32.2. The van der Waals surface area contributed by atoms with E-state index in [1.54, 1.807) is 44.2 Å². The van der Waals surface area contributed by atoms with Gasteiger partial charge in [0.15, 0.2) is 5.78 Å². The number of alkyl halides is 3. The molecule has 0 fully saturated rings. The molecule has 1 heterocycles. The molecule has 0 atom stereocenters. The fourth-order valence-corrected chi connectivity index (χ4v) is 3.60. The van der Waals surface area contributed by atoms with Crippen LogP contribution in [0.15, 0.2) is 64.3 Å². The number of Topliss-reactive ketones (excluding diaryl/α,β-unsaturated/α-hetero) is 1. The number of thioether (sulfide) groups is 1. The smallest absolute Gasteiger partial charge is 0.306 e. The van der Waals surface area contributed by atoms with Crippen molar-refractivity contribution in [2.45, 2.75) is 36.1 Å². The van der Waals surface area contributed by atoms with E-state index in [9.17, 15) is 27.2 Å². The number of carbonyl (C=O) groups is 1. The maximum Gasteiger partial charge on any atom is 0.446 e. The van der Waals surface area contributed by atoms with Crippen LogP contribution < -0.4 is 5.56 Å². The second-order valence-electron chi connectivity index (χ2n) is 7.52. The van der Waals surface area contributed by atoms with Gasteiger partial charge in [0, 0.05) is 18.1 Å². The van der Waals surface area contributed by atoms with Crippen LogP contribution in [-0.4, -0.2) is 21.3 Å². The van der Waals surface area contributed by atoms with Gasteiger partial charge >= 0.3 is 5.51 Å². The number of carbonyl (C=O) groups excluding carboxylic acids is 1.